The zero-order chi connectivity index (χ0) is 0. The Bertz CT molecular complexity index is 6.00. The molecule has 0 atom stereocenters. The molecule has 0 aliphatic rings. The minimum Gasteiger partial charge on any atom is -2.00 e. The molecular formula is CaSe2Sr. The molecule has 4 heteroatoms. The summed E-state index contributed by atoms with van der Waals surface area (Å²) in [5.74, 6) is 0. The molecule has 4 heavy (non-hydrogen) atoms. The Morgan fingerprint density at radius 2 is 0.750 bits per heavy atom. The summed E-state index contributed by atoms with van der Waals surface area (Å²) in [6.45, 7) is 0. The molecule has 0 saturated carbocycles. The zero-order valence-electron chi connectivity index (χ0n) is 2.23. The normalized spacial score (nSPS) is 0. The first kappa shape index (κ1) is 25.0. The van der Waals surface area contributed by atoms with E-state index in [2.05, 4.69) is 0 Å². The van der Waals surface area contributed by atoms with Crippen LogP contribution >= 0.6 is 0 Å². The molecule has 0 heterocycles. The Kier molecular flexibility index (Phi) is 99.2. The summed E-state index contributed by atoms with van der Waals surface area (Å²) in [4.78, 5) is 0. The van der Waals surface area contributed by atoms with Crippen molar-refractivity contribution >= 4 is 117 Å². The van der Waals surface area contributed by atoms with Gasteiger partial charge in [-0.05, 0) is 0 Å². The van der Waals surface area contributed by atoms with E-state index in [1.165, 1.54) is 0 Å². The van der Waals surface area contributed by atoms with Crippen molar-refractivity contribution in [3.63, 3.8) is 0 Å². The second kappa shape index (κ2) is 15.9. The Morgan fingerprint density at radius 3 is 0.750 bits per heavy atom. The summed E-state index contributed by atoms with van der Waals surface area (Å²) in [6.07, 6.45) is 0. The number of hydrogen-bond donors (Lipinski definition) is 0. The third kappa shape index (κ3) is 9.24. The average Bonchev–Trinajstić information content (AvgIpc) is 0. The topological polar surface area (TPSA) is 0 Å². The van der Waals surface area contributed by atoms with Gasteiger partial charge in [-0.25, -0.2) is 0 Å². The third-order valence-electron chi connectivity index (χ3n) is 0. The average molecular weight is 286 g/mol. The number of hydrogen-bond acceptors (Lipinski definition) is 0. The van der Waals surface area contributed by atoms with Gasteiger partial charge < -0.3 is 34.1 Å². The molecule has 0 rings (SSSR count). The second-order valence-corrected chi connectivity index (χ2v) is 0. The summed E-state index contributed by atoms with van der Waals surface area (Å²) < 4.78 is 0. The van der Waals surface area contributed by atoms with Crippen LogP contribution in [0.15, 0.2) is 0 Å². The van der Waals surface area contributed by atoms with E-state index in [1.807, 2.05) is 0 Å². The maximum absolute atomic E-state index is 0. The zero-order valence-corrected chi connectivity index (χ0v) is 11.3. The summed E-state index contributed by atoms with van der Waals surface area (Å²) in [6, 6.07) is 0. The van der Waals surface area contributed by atoms with E-state index in [0.717, 1.165) is 0 Å². The molecule has 0 N–H and O–H groups in total. The minimum absolute atomic E-state index is 0. The monoisotopic (exact) mass is 288 g/mol. The van der Waals surface area contributed by atoms with Crippen LogP contribution in [0.4, 0.5) is 0 Å². The van der Waals surface area contributed by atoms with Crippen molar-refractivity contribution in [3.8, 4) is 0 Å². The van der Waals surface area contributed by atoms with Gasteiger partial charge in [0.25, 0.3) is 0 Å². The van der Waals surface area contributed by atoms with Gasteiger partial charge in [0.2, 0.25) is 0 Å². The van der Waals surface area contributed by atoms with E-state index in [1.54, 1.807) is 0 Å². The fourth-order valence-electron chi connectivity index (χ4n) is 0. The molecular weight excluding hydrogens is 286 g/mol. The van der Waals surface area contributed by atoms with Gasteiger partial charge in [0.05, 0.1) is 0 Å². The molecule has 0 radical (unpaired) electrons. The third-order valence-corrected chi connectivity index (χ3v) is 0. The molecule has 0 fully saturated rings. The van der Waals surface area contributed by atoms with Crippen molar-refractivity contribution < 1.29 is 0 Å². The molecule has 0 aromatic heterocycles. The smallest absolute Gasteiger partial charge is 2.00 e. The first-order valence-electron chi connectivity index (χ1n) is 0. The van der Waals surface area contributed by atoms with Gasteiger partial charge in [-0.3, -0.25) is 0 Å². The molecule has 0 aliphatic heterocycles. The Balaban J connectivity index is 0. The van der Waals surface area contributed by atoms with Gasteiger partial charge in [-0.2, -0.15) is 0 Å². The Labute approximate surface area is 114 Å². The van der Waals surface area contributed by atoms with E-state index < -0.39 is 0 Å². The molecule has 0 aliphatic carbocycles. The van der Waals surface area contributed by atoms with Crippen molar-refractivity contribution in [1.29, 1.82) is 0 Å². The van der Waals surface area contributed by atoms with Crippen molar-refractivity contribution in [3.05, 3.63) is 0 Å². The Hall–Kier alpha value is 3.78. The standard InChI is InChI=1S/Ca.2Se.Sr/q+2;2*-2;+2. The van der Waals surface area contributed by atoms with Gasteiger partial charge in [0.1, 0.15) is 0 Å². The van der Waals surface area contributed by atoms with Crippen LogP contribution < -0.4 is 0 Å². The number of rotatable bonds is 0. The predicted molar refractivity (Wildman–Crippen MR) is 23.0 cm³/mol. The summed E-state index contributed by atoms with van der Waals surface area (Å²) >= 11 is 0. The van der Waals surface area contributed by atoms with E-state index in [9.17, 15) is 0 Å². The molecule has 0 aromatic rings. The van der Waals surface area contributed by atoms with Gasteiger partial charge in [0, 0.05) is 0 Å². The summed E-state index contributed by atoms with van der Waals surface area (Å²) in [5.41, 5.74) is 0. The van der Waals surface area contributed by atoms with Crippen LogP contribution in [0.3, 0.4) is 0 Å². The first-order chi connectivity index (χ1) is 0. The van der Waals surface area contributed by atoms with Gasteiger partial charge in [-0.15, -0.1) is 0 Å². The fourth-order valence-corrected chi connectivity index (χ4v) is 0. The van der Waals surface area contributed by atoms with Crippen molar-refractivity contribution in [2.24, 2.45) is 0 Å². The summed E-state index contributed by atoms with van der Waals surface area (Å²) in [7, 11) is 0. The van der Waals surface area contributed by atoms with Crippen LogP contribution in [0.2, 0.25) is 0 Å². The molecule has 0 unspecified atom stereocenters. The van der Waals surface area contributed by atoms with Crippen LogP contribution in [0.1, 0.15) is 0 Å². The Morgan fingerprint density at radius 1 is 0.750 bits per heavy atom. The molecule has 16 valence electrons. The van der Waals surface area contributed by atoms with Crippen LogP contribution in [0, 0.1) is 0 Å². The molecule has 0 aromatic carbocycles. The van der Waals surface area contributed by atoms with Crippen LogP contribution in [-0.2, 0) is 0 Å². The van der Waals surface area contributed by atoms with Crippen LogP contribution in [-0.4, -0.2) is 117 Å². The van der Waals surface area contributed by atoms with Crippen LogP contribution in [0.25, 0.3) is 0 Å². The van der Waals surface area contributed by atoms with Crippen molar-refractivity contribution in [2.75, 3.05) is 0 Å². The maximum atomic E-state index is 0. The van der Waals surface area contributed by atoms with E-state index in [4.69, 9.17) is 0 Å². The van der Waals surface area contributed by atoms with E-state index in [-0.39, 0.29) is 117 Å². The molecule has 0 spiro atoms. The van der Waals surface area contributed by atoms with Gasteiger partial charge in [-0.1, -0.05) is 0 Å². The quantitative estimate of drug-likeness (QED) is 0.474. The second-order valence-electron chi connectivity index (χ2n) is 0. The summed E-state index contributed by atoms with van der Waals surface area (Å²) in [5, 5.41) is 0. The van der Waals surface area contributed by atoms with E-state index in [0.29, 0.717) is 0 Å². The van der Waals surface area contributed by atoms with E-state index >= 15 is 0 Å². The maximum Gasteiger partial charge on any atom is 2.00 e. The first-order valence-corrected chi connectivity index (χ1v) is 0. The fraction of sp³-hybridized carbons (Fsp3) is 0. The molecule has 0 nitrogen and oxygen atoms in total. The molecule has 0 saturated heterocycles. The minimum atomic E-state index is 0. The predicted octanol–water partition coefficient (Wildman–Crippen LogP) is -1.52. The molecule has 0 bridgehead atoms. The van der Waals surface area contributed by atoms with Gasteiger partial charge in [0.15, 0.2) is 0 Å². The van der Waals surface area contributed by atoms with Gasteiger partial charge >= 0.3 is 83.2 Å². The van der Waals surface area contributed by atoms with Crippen LogP contribution in [0.5, 0.6) is 0 Å². The largest absolute Gasteiger partial charge is 2.00 e. The van der Waals surface area contributed by atoms with Crippen molar-refractivity contribution in [1.82, 2.24) is 0 Å². The SMILES string of the molecule is [Ca+2].[Se-2].[Se-2].[Sr+2]. The van der Waals surface area contributed by atoms with Crippen molar-refractivity contribution in [2.45, 2.75) is 0 Å². The molecule has 0 amide bonds.